The van der Waals surface area contributed by atoms with E-state index in [1.54, 1.807) is 6.07 Å². The Morgan fingerprint density at radius 3 is 2.83 bits per heavy atom. The van der Waals surface area contributed by atoms with Gasteiger partial charge in [0.15, 0.2) is 0 Å². The number of hydrogen-bond acceptors (Lipinski definition) is 5. The molecule has 2 saturated heterocycles. The Kier molecular flexibility index (Phi) is 5.67. The van der Waals surface area contributed by atoms with E-state index < -0.39 is 0 Å². The van der Waals surface area contributed by atoms with Gasteiger partial charge in [0.2, 0.25) is 0 Å². The van der Waals surface area contributed by atoms with Crippen molar-refractivity contribution in [2.24, 2.45) is 0 Å². The first-order valence-electron chi connectivity index (χ1n) is 11.4. The van der Waals surface area contributed by atoms with Gasteiger partial charge < -0.3 is 24.3 Å². The molecule has 1 atom stereocenters. The van der Waals surface area contributed by atoms with Gasteiger partial charge in [0.1, 0.15) is 11.6 Å². The minimum absolute atomic E-state index is 0.0269. The van der Waals surface area contributed by atoms with E-state index in [0.717, 1.165) is 69.2 Å². The zero-order valence-corrected chi connectivity index (χ0v) is 17.6. The van der Waals surface area contributed by atoms with E-state index in [2.05, 4.69) is 39.0 Å². The number of H-pyrrole nitrogens is 1. The zero-order valence-electron chi connectivity index (χ0n) is 17.6. The smallest absolute Gasteiger partial charge is 0.251 e. The summed E-state index contributed by atoms with van der Waals surface area (Å²) < 4.78 is 11.5. The van der Waals surface area contributed by atoms with Crippen LogP contribution in [-0.2, 0) is 17.6 Å². The molecule has 1 aromatic heterocycles. The number of aromatic nitrogens is 1. The van der Waals surface area contributed by atoms with Crippen molar-refractivity contribution in [1.29, 1.82) is 0 Å². The van der Waals surface area contributed by atoms with Crippen LogP contribution in [0.25, 0.3) is 0 Å². The Morgan fingerprint density at radius 2 is 1.93 bits per heavy atom. The van der Waals surface area contributed by atoms with Gasteiger partial charge in [-0.25, -0.2) is 0 Å². The molecule has 5 rings (SSSR count). The van der Waals surface area contributed by atoms with Crippen molar-refractivity contribution in [2.75, 3.05) is 49.3 Å². The van der Waals surface area contributed by atoms with E-state index in [1.165, 1.54) is 24.0 Å². The highest BCUT2D eigenvalue weighted by Gasteiger charge is 2.26. The maximum Gasteiger partial charge on any atom is 0.251 e. The Hall–Kier alpha value is -2.47. The number of morpholine rings is 1. The van der Waals surface area contributed by atoms with Crippen LogP contribution in [0.15, 0.2) is 35.1 Å². The summed E-state index contributed by atoms with van der Waals surface area (Å²) in [6, 6.07) is 10.8. The van der Waals surface area contributed by atoms with Crippen LogP contribution in [0.4, 0.5) is 11.5 Å². The summed E-state index contributed by atoms with van der Waals surface area (Å²) in [4.78, 5) is 20.4. The van der Waals surface area contributed by atoms with Crippen molar-refractivity contribution in [2.45, 2.75) is 44.6 Å². The topological polar surface area (TPSA) is 57.8 Å². The number of anilines is 2. The van der Waals surface area contributed by atoms with Crippen LogP contribution < -0.4 is 20.1 Å². The monoisotopic (exact) mass is 409 g/mol. The molecule has 3 aliphatic rings. The summed E-state index contributed by atoms with van der Waals surface area (Å²) >= 11 is 0. The number of hydrogen-bond donors (Lipinski definition) is 1. The maximum absolute atomic E-state index is 12.5. The minimum atomic E-state index is -0.0269. The lowest BCUT2D eigenvalue weighted by molar-refractivity contribution is 0.122. The van der Waals surface area contributed by atoms with E-state index in [1.807, 2.05) is 0 Å². The highest BCUT2D eigenvalue weighted by atomic mass is 16.5. The van der Waals surface area contributed by atoms with E-state index in [-0.39, 0.29) is 5.56 Å². The molecule has 0 radical (unpaired) electrons. The fraction of sp³-hybridized carbons (Fsp3) is 0.542. The van der Waals surface area contributed by atoms with Gasteiger partial charge >= 0.3 is 0 Å². The van der Waals surface area contributed by atoms with E-state index in [9.17, 15) is 4.79 Å². The van der Waals surface area contributed by atoms with Crippen LogP contribution in [0.5, 0.6) is 5.75 Å². The van der Waals surface area contributed by atoms with Crippen molar-refractivity contribution >= 4 is 11.5 Å². The predicted octanol–water partition coefficient (Wildman–Crippen LogP) is 3.14. The molecular formula is C24H31N3O3. The highest BCUT2D eigenvalue weighted by Crippen LogP contribution is 2.33. The number of pyridine rings is 1. The summed E-state index contributed by atoms with van der Waals surface area (Å²) in [7, 11) is 0. The molecule has 0 bridgehead atoms. The number of ether oxygens (including phenoxy) is 2. The molecule has 1 N–H and O–H groups in total. The second-order valence-corrected chi connectivity index (χ2v) is 8.59. The van der Waals surface area contributed by atoms with Crippen molar-refractivity contribution in [3.05, 3.63) is 51.8 Å². The van der Waals surface area contributed by atoms with Crippen molar-refractivity contribution in [1.82, 2.24) is 4.98 Å². The number of fused-ring (bicyclic) bond motifs is 1. The average molecular weight is 410 g/mol. The summed E-state index contributed by atoms with van der Waals surface area (Å²) in [5, 5.41) is 0. The maximum atomic E-state index is 12.5. The first-order chi connectivity index (χ1) is 14.8. The highest BCUT2D eigenvalue weighted by molar-refractivity contribution is 5.56. The Bertz CT molecular complexity index is 936. The summed E-state index contributed by atoms with van der Waals surface area (Å²) in [5.74, 6) is 2.04. The number of para-hydroxylation sites is 1. The Labute approximate surface area is 177 Å². The van der Waals surface area contributed by atoms with Crippen LogP contribution in [0.2, 0.25) is 0 Å². The standard InChI is InChI=1S/C24H31N3O3/c28-23-17-21(26-10-13-29-14-11-26)16-22(25-23)27-9-3-1-2-7-20(27)15-19-6-4-5-18-8-12-30-24(18)19/h4-6,16-17,20H,1-3,7-15H2,(H,25,28)/t20-/m1/s1. The molecule has 3 aliphatic heterocycles. The summed E-state index contributed by atoms with van der Waals surface area (Å²) in [5.41, 5.74) is 3.61. The number of benzene rings is 1. The molecule has 2 aromatic rings. The second kappa shape index (κ2) is 8.72. The molecule has 4 heterocycles. The van der Waals surface area contributed by atoms with Crippen molar-refractivity contribution < 1.29 is 9.47 Å². The molecule has 1 aromatic carbocycles. The fourth-order valence-electron chi connectivity index (χ4n) is 5.08. The molecular weight excluding hydrogens is 378 g/mol. The van der Waals surface area contributed by atoms with E-state index in [4.69, 9.17) is 9.47 Å². The number of nitrogens with one attached hydrogen (secondary N) is 1. The van der Waals surface area contributed by atoms with Crippen LogP contribution in [0.3, 0.4) is 0 Å². The third kappa shape index (κ3) is 4.06. The number of rotatable bonds is 4. The average Bonchev–Trinajstić information content (AvgIpc) is 3.14. The molecule has 160 valence electrons. The lowest BCUT2D eigenvalue weighted by atomic mass is 9.98. The third-order valence-corrected chi connectivity index (χ3v) is 6.63. The predicted molar refractivity (Wildman–Crippen MR) is 119 cm³/mol. The molecule has 0 aliphatic carbocycles. The van der Waals surface area contributed by atoms with Gasteiger partial charge in [-0.2, -0.15) is 0 Å². The molecule has 0 spiro atoms. The number of aromatic amines is 1. The molecule has 30 heavy (non-hydrogen) atoms. The van der Waals surface area contributed by atoms with Gasteiger partial charge in [-0.3, -0.25) is 4.79 Å². The van der Waals surface area contributed by atoms with E-state index >= 15 is 0 Å². The largest absolute Gasteiger partial charge is 0.493 e. The quantitative estimate of drug-likeness (QED) is 0.841. The Morgan fingerprint density at radius 1 is 1.03 bits per heavy atom. The van der Waals surface area contributed by atoms with Gasteiger partial charge in [0.05, 0.1) is 19.8 Å². The van der Waals surface area contributed by atoms with Crippen LogP contribution >= 0.6 is 0 Å². The molecule has 0 saturated carbocycles. The fourth-order valence-corrected chi connectivity index (χ4v) is 5.08. The first-order valence-corrected chi connectivity index (χ1v) is 11.4. The number of nitrogens with zero attached hydrogens (tertiary/aromatic N) is 2. The normalized spacial score (nSPS) is 21.8. The minimum Gasteiger partial charge on any atom is -0.493 e. The SMILES string of the molecule is O=c1cc(N2CCOCC2)cc(N2CCCCC[C@@H]2Cc2cccc3c2OCC3)[nH]1. The lowest BCUT2D eigenvalue weighted by Gasteiger charge is -2.34. The zero-order chi connectivity index (χ0) is 20.3. The first kappa shape index (κ1) is 19.5. The van der Waals surface area contributed by atoms with Gasteiger partial charge in [0.25, 0.3) is 5.56 Å². The summed E-state index contributed by atoms with van der Waals surface area (Å²) in [6.45, 7) is 4.86. The molecule has 6 nitrogen and oxygen atoms in total. The van der Waals surface area contributed by atoms with Crippen molar-refractivity contribution in [3.8, 4) is 5.75 Å². The molecule has 2 fully saturated rings. The Balaban J connectivity index is 1.44. The summed E-state index contributed by atoms with van der Waals surface area (Å²) in [6.07, 6.45) is 6.71. The van der Waals surface area contributed by atoms with E-state index in [0.29, 0.717) is 19.3 Å². The molecule has 6 heteroatoms. The van der Waals surface area contributed by atoms with Gasteiger partial charge in [-0.05, 0) is 30.4 Å². The van der Waals surface area contributed by atoms with Crippen LogP contribution in [-0.4, -0.2) is 50.5 Å². The van der Waals surface area contributed by atoms with Crippen molar-refractivity contribution in [3.63, 3.8) is 0 Å². The van der Waals surface area contributed by atoms with Crippen LogP contribution in [0, 0.1) is 0 Å². The van der Waals surface area contributed by atoms with Gasteiger partial charge in [-0.1, -0.05) is 31.0 Å². The third-order valence-electron chi connectivity index (χ3n) is 6.63. The van der Waals surface area contributed by atoms with Gasteiger partial charge in [-0.15, -0.1) is 0 Å². The van der Waals surface area contributed by atoms with Crippen LogP contribution in [0.1, 0.15) is 36.8 Å². The molecule has 0 amide bonds. The lowest BCUT2D eigenvalue weighted by Crippen LogP contribution is -2.39. The second-order valence-electron chi connectivity index (χ2n) is 8.59. The van der Waals surface area contributed by atoms with Gasteiger partial charge in [0, 0.05) is 49.9 Å². The molecule has 0 unspecified atom stereocenters.